The second-order valence-electron chi connectivity index (χ2n) is 2.69. The summed E-state index contributed by atoms with van der Waals surface area (Å²) >= 11 is 0. The molecular formula is C9H8F3NO. The fourth-order valence-electron chi connectivity index (χ4n) is 0.979. The molecule has 0 bridgehead atoms. The Morgan fingerprint density at radius 2 is 1.93 bits per heavy atom. The molecule has 1 atom stereocenters. The molecule has 1 rings (SSSR count). The maximum absolute atomic E-state index is 13.1. The molecule has 5 heteroatoms. The van der Waals surface area contributed by atoms with Crippen LogP contribution in [0.1, 0.15) is 11.6 Å². The van der Waals surface area contributed by atoms with Crippen molar-refractivity contribution < 1.29 is 18.3 Å². The smallest absolute Gasteiger partial charge is 0.203 e. The summed E-state index contributed by atoms with van der Waals surface area (Å²) < 4.78 is 38.4. The molecule has 0 aromatic heterocycles. The Balaban J connectivity index is 3.40. The summed E-state index contributed by atoms with van der Waals surface area (Å²) in [6, 6.07) is -0.396. The molecule has 0 aliphatic carbocycles. The van der Waals surface area contributed by atoms with Gasteiger partial charge in [0.05, 0.1) is 6.04 Å². The van der Waals surface area contributed by atoms with Crippen LogP contribution in [-0.4, -0.2) is 5.11 Å². The topological polar surface area (TPSA) is 46.2 Å². The first-order valence-corrected chi connectivity index (χ1v) is 3.73. The number of phenolic OH excluding ortho intramolecular Hbond substituents is 1. The number of hydrogen-bond acceptors (Lipinski definition) is 2. The van der Waals surface area contributed by atoms with Crippen LogP contribution in [0.4, 0.5) is 13.2 Å². The van der Waals surface area contributed by atoms with Crippen molar-refractivity contribution in [3.63, 3.8) is 0 Å². The summed E-state index contributed by atoms with van der Waals surface area (Å²) in [6.07, 6.45) is 1.15. The molecule has 0 amide bonds. The Morgan fingerprint density at radius 3 is 2.43 bits per heavy atom. The molecule has 0 saturated heterocycles. The Morgan fingerprint density at radius 1 is 1.36 bits per heavy atom. The van der Waals surface area contributed by atoms with E-state index >= 15 is 0 Å². The minimum Gasteiger partial charge on any atom is -0.503 e. The maximum atomic E-state index is 13.1. The second kappa shape index (κ2) is 3.71. The molecule has 2 nitrogen and oxygen atoms in total. The first-order chi connectivity index (χ1) is 6.49. The zero-order valence-corrected chi connectivity index (χ0v) is 7.10. The van der Waals surface area contributed by atoms with Gasteiger partial charge in [-0.05, 0) is 6.07 Å². The van der Waals surface area contributed by atoms with E-state index in [2.05, 4.69) is 6.58 Å². The SMILES string of the molecule is C=C[C@H](N)c1cc(F)c(F)c(O)c1F. The maximum Gasteiger partial charge on any atom is 0.203 e. The Kier molecular flexibility index (Phi) is 2.81. The van der Waals surface area contributed by atoms with Crippen molar-refractivity contribution in [3.8, 4) is 5.75 Å². The summed E-state index contributed by atoms with van der Waals surface area (Å²) in [6.45, 7) is 3.27. The number of hydrogen-bond donors (Lipinski definition) is 2. The normalized spacial score (nSPS) is 12.6. The van der Waals surface area contributed by atoms with Crippen LogP contribution in [0.15, 0.2) is 18.7 Å². The predicted octanol–water partition coefficient (Wildman–Crippen LogP) is 2.00. The van der Waals surface area contributed by atoms with Crippen molar-refractivity contribution in [2.24, 2.45) is 5.73 Å². The lowest BCUT2D eigenvalue weighted by molar-refractivity contribution is 0.372. The van der Waals surface area contributed by atoms with Crippen molar-refractivity contribution in [2.75, 3.05) is 0 Å². The van der Waals surface area contributed by atoms with Crippen LogP contribution < -0.4 is 5.73 Å². The molecular weight excluding hydrogens is 195 g/mol. The van der Waals surface area contributed by atoms with E-state index in [4.69, 9.17) is 10.8 Å². The average Bonchev–Trinajstić information content (AvgIpc) is 2.19. The molecule has 0 unspecified atom stereocenters. The third kappa shape index (κ3) is 1.58. The van der Waals surface area contributed by atoms with Gasteiger partial charge in [-0.25, -0.2) is 8.78 Å². The Bertz CT molecular complexity index is 379. The highest BCUT2D eigenvalue weighted by Gasteiger charge is 2.20. The molecule has 0 heterocycles. The highest BCUT2D eigenvalue weighted by molar-refractivity contribution is 5.35. The molecule has 0 fully saturated rings. The molecule has 0 spiro atoms. The van der Waals surface area contributed by atoms with Crippen molar-refractivity contribution in [1.82, 2.24) is 0 Å². The standard InChI is InChI=1S/C9H8F3NO/c1-2-6(13)4-3-5(10)8(12)9(14)7(4)11/h2-3,6,14H,1,13H2/t6-/m0/s1. The minimum atomic E-state index is -1.62. The van der Waals surface area contributed by atoms with Crippen molar-refractivity contribution in [2.45, 2.75) is 6.04 Å². The summed E-state index contributed by atoms with van der Waals surface area (Å²) in [5, 5.41) is 8.83. The highest BCUT2D eigenvalue weighted by Crippen LogP contribution is 2.28. The monoisotopic (exact) mass is 203 g/mol. The van der Waals surface area contributed by atoms with Gasteiger partial charge in [-0.1, -0.05) is 6.08 Å². The fourth-order valence-corrected chi connectivity index (χ4v) is 0.979. The first-order valence-electron chi connectivity index (χ1n) is 3.73. The second-order valence-corrected chi connectivity index (χ2v) is 2.69. The Hall–Kier alpha value is -1.49. The van der Waals surface area contributed by atoms with Crippen molar-refractivity contribution >= 4 is 0 Å². The number of phenols is 1. The number of benzene rings is 1. The van der Waals surface area contributed by atoms with E-state index in [1.54, 1.807) is 0 Å². The summed E-state index contributed by atoms with van der Waals surface area (Å²) in [4.78, 5) is 0. The summed E-state index contributed by atoms with van der Waals surface area (Å²) in [7, 11) is 0. The van der Waals surface area contributed by atoms with Crippen molar-refractivity contribution in [1.29, 1.82) is 0 Å². The van der Waals surface area contributed by atoms with Crippen LogP contribution >= 0.6 is 0 Å². The van der Waals surface area contributed by atoms with Crippen LogP contribution in [-0.2, 0) is 0 Å². The Labute approximate surface area is 78.5 Å². The zero-order valence-electron chi connectivity index (χ0n) is 7.10. The van der Waals surface area contributed by atoms with E-state index in [0.29, 0.717) is 6.07 Å². The van der Waals surface area contributed by atoms with Gasteiger partial charge in [0.2, 0.25) is 5.82 Å². The molecule has 76 valence electrons. The van der Waals surface area contributed by atoms with Crippen LogP contribution in [0, 0.1) is 17.5 Å². The van der Waals surface area contributed by atoms with Crippen LogP contribution in [0.5, 0.6) is 5.75 Å². The van der Waals surface area contributed by atoms with E-state index in [1.165, 1.54) is 0 Å². The molecule has 0 radical (unpaired) electrons. The van der Waals surface area contributed by atoms with Gasteiger partial charge >= 0.3 is 0 Å². The lowest BCUT2D eigenvalue weighted by Crippen LogP contribution is -2.10. The summed E-state index contributed by atoms with van der Waals surface area (Å²) in [5.41, 5.74) is 4.99. The number of nitrogens with two attached hydrogens (primary N) is 1. The third-order valence-corrected chi connectivity index (χ3v) is 1.77. The lowest BCUT2D eigenvalue weighted by atomic mass is 10.1. The van der Waals surface area contributed by atoms with E-state index < -0.39 is 29.2 Å². The predicted molar refractivity (Wildman–Crippen MR) is 45.1 cm³/mol. The number of halogens is 3. The zero-order chi connectivity index (χ0) is 10.9. The van der Waals surface area contributed by atoms with Crippen LogP contribution in [0.3, 0.4) is 0 Å². The van der Waals surface area contributed by atoms with E-state index in [-0.39, 0.29) is 5.56 Å². The molecule has 3 N–H and O–H groups in total. The molecule has 1 aromatic rings. The van der Waals surface area contributed by atoms with Gasteiger partial charge in [0.1, 0.15) is 0 Å². The number of aromatic hydroxyl groups is 1. The molecule has 0 saturated carbocycles. The quantitative estimate of drug-likeness (QED) is 0.570. The summed E-state index contributed by atoms with van der Waals surface area (Å²) in [5.74, 6) is -5.60. The van der Waals surface area contributed by atoms with Gasteiger partial charge in [-0.3, -0.25) is 0 Å². The van der Waals surface area contributed by atoms with Crippen LogP contribution in [0.25, 0.3) is 0 Å². The molecule has 14 heavy (non-hydrogen) atoms. The number of rotatable bonds is 2. The van der Waals surface area contributed by atoms with E-state index in [9.17, 15) is 13.2 Å². The largest absolute Gasteiger partial charge is 0.503 e. The van der Waals surface area contributed by atoms with Gasteiger partial charge in [-0.2, -0.15) is 4.39 Å². The van der Waals surface area contributed by atoms with Gasteiger partial charge < -0.3 is 10.8 Å². The minimum absolute atomic E-state index is 0.337. The molecule has 1 aromatic carbocycles. The molecule has 0 aliphatic rings. The lowest BCUT2D eigenvalue weighted by Gasteiger charge is -2.09. The van der Waals surface area contributed by atoms with E-state index in [1.807, 2.05) is 0 Å². The van der Waals surface area contributed by atoms with E-state index in [0.717, 1.165) is 6.08 Å². The first kappa shape index (κ1) is 10.6. The van der Waals surface area contributed by atoms with Crippen LogP contribution in [0.2, 0.25) is 0 Å². The molecule has 0 aliphatic heterocycles. The average molecular weight is 203 g/mol. The van der Waals surface area contributed by atoms with Gasteiger partial charge in [0.25, 0.3) is 0 Å². The van der Waals surface area contributed by atoms with Gasteiger partial charge in [-0.15, -0.1) is 6.58 Å². The highest BCUT2D eigenvalue weighted by atomic mass is 19.2. The van der Waals surface area contributed by atoms with Gasteiger partial charge in [0.15, 0.2) is 17.4 Å². The van der Waals surface area contributed by atoms with Crippen molar-refractivity contribution in [3.05, 3.63) is 41.7 Å². The van der Waals surface area contributed by atoms with Gasteiger partial charge in [0, 0.05) is 5.56 Å². The fraction of sp³-hybridized carbons (Fsp3) is 0.111. The third-order valence-electron chi connectivity index (χ3n) is 1.77.